The van der Waals surface area contributed by atoms with Gasteiger partial charge in [0.15, 0.2) is 0 Å². The molecule has 0 aromatic rings. The first-order chi connectivity index (χ1) is 4.31. The van der Waals surface area contributed by atoms with Gasteiger partial charge in [0.1, 0.15) is 0 Å². The lowest BCUT2D eigenvalue weighted by molar-refractivity contribution is 0.900. The van der Waals surface area contributed by atoms with Crippen molar-refractivity contribution in [2.45, 2.75) is 33.1 Å². The Bertz CT molecular complexity index is 98.6. The van der Waals surface area contributed by atoms with Gasteiger partial charge >= 0.3 is 0 Å². The van der Waals surface area contributed by atoms with E-state index in [2.05, 4.69) is 26.5 Å². The van der Waals surface area contributed by atoms with E-state index in [1.165, 1.54) is 18.4 Å². The number of hydrogen-bond acceptors (Lipinski definition) is 0. The molecule has 0 aromatic heterocycles. The minimum absolute atomic E-state index is 1.02. The van der Waals surface area contributed by atoms with Gasteiger partial charge in [-0.3, -0.25) is 0 Å². The van der Waals surface area contributed by atoms with Crippen LogP contribution in [0.25, 0.3) is 0 Å². The van der Waals surface area contributed by atoms with Gasteiger partial charge in [-0.2, -0.15) is 0 Å². The van der Waals surface area contributed by atoms with Gasteiger partial charge in [-0.05, 0) is 19.8 Å². The Labute approximate surface area is 58.3 Å². The van der Waals surface area contributed by atoms with Crippen molar-refractivity contribution in [1.82, 2.24) is 0 Å². The maximum absolute atomic E-state index is 3.65. The van der Waals surface area contributed by atoms with Crippen LogP contribution in [0.5, 0.6) is 0 Å². The standard InChI is InChI=1S/C9H16/c1-4-6-8-9(3)7-5-2/h4,8H,1,5-7H2,2-3H3/b9-8-. The molecule has 0 aliphatic heterocycles. The summed E-state index contributed by atoms with van der Waals surface area (Å²) < 4.78 is 0. The fourth-order valence-corrected chi connectivity index (χ4v) is 0.781. The normalized spacial score (nSPS) is 11.6. The predicted octanol–water partition coefficient (Wildman–Crippen LogP) is 3.31. The Morgan fingerprint density at radius 1 is 1.56 bits per heavy atom. The number of hydrogen-bond donors (Lipinski definition) is 0. The second kappa shape index (κ2) is 5.61. The molecule has 0 atom stereocenters. The Hall–Kier alpha value is -0.520. The Balaban J connectivity index is 3.42. The molecular formula is C9H16. The van der Waals surface area contributed by atoms with Crippen LogP contribution in [0.3, 0.4) is 0 Å². The molecule has 0 nitrogen and oxygen atoms in total. The monoisotopic (exact) mass is 124 g/mol. The van der Waals surface area contributed by atoms with Crippen LogP contribution in [-0.4, -0.2) is 0 Å². The highest BCUT2D eigenvalue weighted by Gasteiger charge is 1.82. The van der Waals surface area contributed by atoms with Crippen LogP contribution >= 0.6 is 0 Å². The molecule has 52 valence electrons. The average Bonchev–Trinajstić information content (AvgIpc) is 1.85. The first kappa shape index (κ1) is 8.48. The lowest BCUT2D eigenvalue weighted by Crippen LogP contribution is -1.73. The molecule has 0 rings (SSSR count). The largest absolute Gasteiger partial charge is 0.103 e. The van der Waals surface area contributed by atoms with Crippen LogP contribution in [-0.2, 0) is 0 Å². The summed E-state index contributed by atoms with van der Waals surface area (Å²) in [7, 11) is 0. The molecule has 9 heavy (non-hydrogen) atoms. The van der Waals surface area contributed by atoms with Gasteiger partial charge in [-0.1, -0.05) is 31.1 Å². The summed E-state index contributed by atoms with van der Waals surface area (Å²) in [6, 6.07) is 0. The smallest absolute Gasteiger partial charge is 0.0169 e. The van der Waals surface area contributed by atoms with E-state index in [4.69, 9.17) is 0 Å². The van der Waals surface area contributed by atoms with Crippen LogP contribution in [0.15, 0.2) is 24.3 Å². The second-order valence-electron chi connectivity index (χ2n) is 2.32. The molecule has 0 fully saturated rings. The fourth-order valence-electron chi connectivity index (χ4n) is 0.781. The van der Waals surface area contributed by atoms with Crippen molar-refractivity contribution >= 4 is 0 Å². The molecule has 0 radical (unpaired) electrons. The van der Waals surface area contributed by atoms with Gasteiger partial charge in [0, 0.05) is 0 Å². The van der Waals surface area contributed by atoms with E-state index in [0.29, 0.717) is 0 Å². The third-order valence-electron chi connectivity index (χ3n) is 1.28. The molecule has 0 saturated heterocycles. The molecule has 0 aliphatic rings. The first-order valence-corrected chi connectivity index (χ1v) is 3.57. The summed E-state index contributed by atoms with van der Waals surface area (Å²) in [4.78, 5) is 0. The molecule has 0 heterocycles. The lowest BCUT2D eigenvalue weighted by atomic mass is 10.1. The second-order valence-corrected chi connectivity index (χ2v) is 2.32. The highest BCUT2D eigenvalue weighted by molar-refractivity contribution is 5.00. The van der Waals surface area contributed by atoms with Crippen molar-refractivity contribution in [3.63, 3.8) is 0 Å². The van der Waals surface area contributed by atoms with Crippen molar-refractivity contribution in [2.75, 3.05) is 0 Å². The quantitative estimate of drug-likeness (QED) is 0.504. The van der Waals surface area contributed by atoms with Crippen LogP contribution in [0, 0.1) is 0 Å². The van der Waals surface area contributed by atoms with Crippen LogP contribution in [0.4, 0.5) is 0 Å². The zero-order valence-electron chi connectivity index (χ0n) is 6.48. The third-order valence-corrected chi connectivity index (χ3v) is 1.28. The third kappa shape index (κ3) is 5.35. The van der Waals surface area contributed by atoms with Gasteiger partial charge in [-0.25, -0.2) is 0 Å². The number of rotatable bonds is 4. The molecule has 0 saturated carbocycles. The summed E-state index contributed by atoms with van der Waals surface area (Å²) in [5.41, 5.74) is 1.48. The summed E-state index contributed by atoms with van der Waals surface area (Å²) in [5, 5.41) is 0. The van der Waals surface area contributed by atoms with Crippen LogP contribution in [0.1, 0.15) is 33.1 Å². The van der Waals surface area contributed by atoms with Crippen LogP contribution in [0.2, 0.25) is 0 Å². The lowest BCUT2D eigenvalue weighted by Gasteiger charge is -1.93. The molecule has 0 spiro atoms. The first-order valence-electron chi connectivity index (χ1n) is 3.57. The van der Waals surface area contributed by atoms with E-state index in [1.807, 2.05) is 6.08 Å². The van der Waals surface area contributed by atoms with Gasteiger partial charge in [0.2, 0.25) is 0 Å². The van der Waals surface area contributed by atoms with Crippen molar-refractivity contribution in [3.8, 4) is 0 Å². The van der Waals surface area contributed by atoms with Gasteiger partial charge in [0.05, 0.1) is 0 Å². The molecular weight excluding hydrogens is 108 g/mol. The summed E-state index contributed by atoms with van der Waals surface area (Å²) >= 11 is 0. The number of allylic oxidation sites excluding steroid dienone is 3. The van der Waals surface area contributed by atoms with E-state index in [0.717, 1.165) is 6.42 Å². The van der Waals surface area contributed by atoms with Crippen molar-refractivity contribution in [1.29, 1.82) is 0 Å². The van der Waals surface area contributed by atoms with E-state index >= 15 is 0 Å². The molecule has 0 N–H and O–H groups in total. The average molecular weight is 124 g/mol. The van der Waals surface area contributed by atoms with Crippen LogP contribution < -0.4 is 0 Å². The summed E-state index contributed by atoms with van der Waals surface area (Å²) in [6.45, 7) is 8.02. The van der Waals surface area contributed by atoms with Gasteiger partial charge in [-0.15, -0.1) is 6.58 Å². The zero-order chi connectivity index (χ0) is 7.11. The summed E-state index contributed by atoms with van der Waals surface area (Å²) in [6.07, 6.45) is 7.66. The Kier molecular flexibility index (Phi) is 5.29. The van der Waals surface area contributed by atoms with E-state index < -0.39 is 0 Å². The maximum atomic E-state index is 3.65. The van der Waals surface area contributed by atoms with Crippen molar-refractivity contribution in [3.05, 3.63) is 24.3 Å². The summed E-state index contributed by atoms with van der Waals surface area (Å²) in [5.74, 6) is 0. The molecule has 0 heteroatoms. The molecule has 0 amide bonds. The van der Waals surface area contributed by atoms with Gasteiger partial charge in [0.25, 0.3) is 0 Å². The molecule has 0 bridgehead atoms. The predicted molar refractivity (Wildman–Crippen MR) is 43.5 cm³/mol. The van der Waals surface area contributed by atoms with E-state index in [9.17, 15) is 0 Å². The maximum Gasteiger partial charge on any atom is -0.0169 e. The minimum Gasteiger partial charge on any atom is -0.103 e. The topological polar surface area (TPSA) is 0 Å². The van der Waals surface area contributed by atoms with Gasteiger partial charge < -0.3 is 0 Å². The van der Waals surface area contributed by atoms with E-state index in [-0.39, 0.29) is 0 Å². The zero-order valence-corrected chi connectivity index (χ0v) is 6.48. The minimum atomic E-state index is 1.02. The molecule has 0 unspecified atom stereocenters. The molecule has 0 aliphatic carbocycles. The fraction of sp³-hybridized carbons (Fsp3) is 0.556. The highest BCUT2D eigenvalue weighted by Crippen LogP contribution is 2.03. The van der Waals surface area contributed by atoms with E-state index in [1.54, 1.807) is 0 Å². The van der Waals surface area contributed by atoms with Crippen molar-refractivity contribution < 1.29 is 0 Å². The SMILES string of the molecule is C=CC/C=C(/C)CCC. The Morgan fingerprint density at radius 2 is 2.22 bits per heavy atom. The highest BCUT2D eigenvalue weighted by atomic mass is 13.9. The molecule has 0 aromatic carbocycles. The van der Waals surface area contributed by atoms with Crippen molar-refractivity contribution in [2.24, 2.45) is 0 Å². The Morgan fingerprint density at radius 3 is 2.67 bits per heavy atom.